The number of carbonyl (C=O) groups excluding carboxylic acids is 3. The van der Waals surface area contributed by atoms with Crippen molar-refractivity contribution >= 4 is 28.6 Å². The highest BCUT2D eigenvalue weighted by atomic mass is 16.4. The van der Waals surface area contributed by atoms with E-state index in [2.05, 4.69) is 34.6 Å². The number of nitrogens with zero attached hydrogens (tertiary/aromatic N) is 4. The molecule has 5 aromatic rings. The molecule has 0 aliphatic carbocycles. The molecule has 1 aliphatic heterocycles. The summed E-state index contributed by atoms with van der Waals surface area (Å²) in [6.07, 6.45) is 3.38. The van der Waals surface area contributed by atoms with Gasteiger partial charge in [-0.1, -0.05) is 61.9 Å². The number of para-hydroxylation sites is 1. The highest BCUT2D eigenvalue weighted by molar-refractivity contribution is 5.92. The van der Waals surface area contributed by atoms with Crippen molar-refractivity contribution in [3.05, 3.63) is 95.4 Å². The topological polar surface area (TPSA) is 138 Å². The van der Waals surface area contributed by atoms with Crippen LogP contribution in [-0.4, -0.2) is 61.5 Å². The van der Waals surface area contributed by atoms with E-state index in [4.69, 9.17) is 9.40 Å². The molecule has 4 heterocycles. The van der Waals surface area contributed by atoms with Crippen LogP contribution in [0.25, 0.3) is 22.2 Å². The summed E-state index contributed by atoms with van der Waals surface area (Å²) in [4.78, 5) is 50.9. The van der Waals surface area contributed by atoms with E-state index >= 15 is 0 Å². The molecule has 11 nitrogen and oxygen atoms in total. The minimum absolute atomic E-state index is 0.150. The summed E-state index contributed by atoms with van der Waals surface area (Å²) < 4.78 is 7.83. The number of nitrogens with one attached hydrogen (secondary N) is 3. The fraction of sp³-hybridized carbons (Fsp3) is 0.378. The van der Waals surface area contributed by atoms with Crippen molar-refractivity contribution in [2.45, 2.75) is 72.0 Å². The lowest BCUT2D eigenvalue weighted by Gasteiger charge is -2.27. The van der Waals surface area contributed by atoms with E-state index < -0.39 is 12.1 Å². The van der Waals surface area contributed by atoms with Gasteiger partial charge in [0, 0.05) is 48.6 Å². The Balaban J connectivity index is 1.29. The summed E-state index contributed by atoms with van der Waals surface area (Å²) >= 11 is 0. The van der Waals surface area contributed by atoms with E-state index in [0.29, 0.717) is 56.3 Å². The molecule has 0 radical (unpaired) electrons. The van der Waals surface area contributed by atoms with Crippen LogP contribution in [0.1, 0.15) is 72.5 Å². The lowest BCUT2D eigenvalue weighted by atomic mass is 10.0. The van der Waals surface area contributed by atoms with Gasteiger partial charge in [-0.2, -0.15) is 5.10 Å². The number of fused-ring (bicyclic) bond motifs is 2. The third-order valence-electron chi connectivity index (χ3n) is 8.75. The van der Waals surface area contributed by atoms with E-state index in [1.165, 1.54) is 0 Å². The number of carbonyl (C=O) groups is 3. The first-order valence-corrected chi connectivity index (χ1v) is 16.7. The Morgan fingerprint density at radius 3 is 2.54 bits per heavy atom. The zero-order valence-corrected chi connectivity index (χ0v) is 28.0. The van der Waals surface area contributed by atoms with Gasteiger partial charge in [0.1, 0.15) is 23.5 Å². The normalized spacial score (nSPS) is 18.0. The summed E-state index contributed by atoms with van der Waals surface area (Å²) in [6.45, 7) is 9.03. The maximum Gasteiger partial charge on any atom is 0.289 e. The number of aromatic nitrogens is 4. The number of aromatic amines is 1. The van der Waals surface area contributed by atoms with Crippen LogP contribution in [0.2, 0.25) is 0 Å². The van der Waals surface area contributed by atoms with E-state index in [9.17, 15) is 14.4 Å². The van der Waals surface area contributed by atoms with E-state index in [1.54, 1.807) is 21.7 Å². The molecule has 0 saturated heterocycles. The predicted molar refractivity (Wildman–Crippen MR) is 183 cm³/mol. The Bertz CT molecular complexity index is 1900. The molecule has 11 heteroatoms. The number of hydrogen-bond donors (Lipinski definition) is 3. The van der Waals surface area contributed by atoms with Gasteiger partial charge in [0.25, 0.3) is 5.91 Å². The van der Waals surface area contributed by atoms with Crippen molar-refractivity contribution < 1.29 is 18.8 Å². The Hall–Kier alpha value is -5.19. The monoisotopic (exact) mass is 649 g/mol. The van der Waals surface area contributed by atoms with Gasteiger partial charge >= 0.3 is 0 Å². The highest BCUT2D eigenvalue weighted by Crippen LogP contribution is 2.25. The van der Waals surface area contributed by atoms with Gasteiger partial charge in [-0.25, -0.2) is 9.67 Å². The Morgan fingerprint density at radius 2 is 1.75 bits per heavy atom. The summed E-state index contributed by atoms with van der Waals surface area (Å²) in [5.41, 5.74) is 3.93. The summed E-state index contributed by atoms with van der Waals surface area (Å²) in [5.74, 6) is 1.49. The summed E-state index contributed by atoms with van der Waals surface area (Å²) in [6, 6.07) is 18.1. The first kappa shape index (κ1) is 32.7. The minimum Gasteiger partial charge on any atom is -0.451 e. The van der Waals surface area contributed by atoms with Gasteiger partial charge in [0.2, 0.25) is 11.8 Å². The standard InChI is InChI=1S/C37H43N7O4/c1-23(2)20-30-35-39-25(4)42-44(35)19-18-43(37(47)33-16-15-32(48-33)26-13-11-24(3)12-14-26)17-7-10-34(45)40-31(36(46)41-30)21-27-22-38-29-9-6-5-8-28(27)29/h5-6,8-9,11-16,22-23,30-31,38H,7,10,17-21H2,1-4H3,(H,40,45)(H,41,46)/t30-,31+/m0/s1. The van der Waals surface area contributed by atoms with Crippen LogP contribution in [-0.2, 0) is 22.6 Å². The molecule has 0 bridgehead atoms. The molecule has 0 fully saturated rings. The van der Waals surface area contributed by atoms with Gasteiger partial charge in [-0.05, 0) is 56.4 Å². The number of hydrogen-bond acceptors (Lipinski definition) is 6. The van der Waals surface area contributed by atoms with Crippen molar-refractivity contribution in [2.24, 2.45) is 5.92 Å². The largest absolute Gasteiger partial charge is 0.451 e. The van der Waals surface area contributed by atoms with Crippen LogP contribution in [0.3, 0.4) is 0 Å². The molecule has 48 heavy (non-hydrogen) atoms. The second-order valence-corrected chi connectivity index (χ2v) is 13.0. The first-order valence-electron chi connectivity index (χ1n) is 16.7. The summed E-state index contributed by atoms with van der Waals surface area (Å²) in [7, 11) is 0. The Kier molecular flexibility index (Phi) is 9.75. The van der Waals surface area contributed by atoms with Crippen LogP contribution in [0.4, 0.5) is 0 Å². The zero-order chi connectivity index (χ0) is 33.8. The molecule has 3 aromatic heterocycles. The van der Waals surface area contributed by atoms with Gasteiger partial charge < -0.3 is 24.9 Å². The number of furan rings is 1. The van der Waals surface area contributed by atoms with Crippen molar-refractivity contribution in [1.29, 1.82) is 0 Å². The van der Waals surface area contributed by atoms with Crippen molar-refractivity contribution in [1.82, 2.24) is 35.3 Å². The van der Waals surface area contributed by atoms with E-state index in [1.807, 2.05) is 68.6 Å². The molecule has 2 atom stereocenters. The number of rotatable bonds is 6. The van der Waals surface area contributed by atoms with Gasteiger partial charge in [-0.3, -0.25) is 14.4 Å². The quantitative estimate of drug-likeness (QED) is 0.222. The molecule has 1 aliphatic rings. The number of amides is 3. The maximum absolute atomic E-state index is 14.0. The molecular formula is C37H43N7O4. The third-order valence-corrected chi connectivity index (χ3v) is 8.75. The predicted octanol–water partition coefficient (Wildman–Crippen LogP) is 5.50. The second-order valence-electron chi connectivity index (χ2n) is 13.0. The molecule has 3 amide bonds. The zero-order valence-electron chi connectivity index (χ0n) is 28.0. The fourth-order valence-corrected chi connectivity index (χ4v) is 6.31. The van der Waals surface area contributed by atoms with E-state index in [-0.39, 0.29) is 35.8 Å². The molecule has 0 saturated carbocycles. The Morgan fingerprint density at radius 1 is 0.958 bits per heavy atom. The van der Waals surface area contributed by atoms with Gasteiger partial charge in [0.15, 0.2) is 5.76 Å². The lowest BCUT2D eigenvalue weighted by molar-refractivity contribution is -0.129. The van der Waals surface area contributed by atoms with Crippen LogP contribution >= 0.6 is 0 Å². The molecule has 0 spiro atoms. The van der Waals surface area contributed by atoms with E-state index in [0.717, 1.165) is 27.6 Å². The first-order chi connectivity index (χ1) is 23.1. The van der Waals surface area contributed by atoms with Crippen LogP contribution < -0.4 is 10.6 Å². The third kappa shape index (κ3) is 7.51. The second kappa shape index (κ2) is 14.3. The highest BCUT2D eigenvalue weighted by Gasteiger charge is 2.30. The molecule has 3 N–H and O–H groups in total. The molecule has 6 rings (SSSR count). The summed E-state index contributed by atoms with van der Waals surface area (Å²) in [5, 5.41) is 11.9. The fourth-order valence-electron chi connectivity index (χ4n) is 6.31. The molecule has 250 valence electrons. The molecule has 2 aromatic carbocycles. The smallest absolute Gasteiger partial charge is 0.289 e. The SMILES string of the molecule is Cc1ccc(-c2ccc(C(=O)N3CCCC(=O)N[C@H](Cc4c[nH]c5ccccc45)C(=O)N[C@@H](CC(C)C)c4nc(C)nn4CC3)o2)cc1. The lowest BCUT2D eigenvalue weighted by Crippen LogP contribution is -2.49. The van der Waals surface area contributed by atoms with Crippen molar-refractivity contribution in [3.8, 4) is 11.3 Å². The molecule has 0 unspecified atom stereocenters. The van der Waals surface area contributed by atoms with Crippen LogP contribution in [0.15, 0.2) is 71.3 Å². The van der Waals surface area contributed by atoms with Gasteiger partial charge in [0.05, 0.1) is 12.6 Å². The molecular weight excluding hydrogens is 606 g/mol. The number of H-pyrrole nitrogens is 1. The number of aryl methyl sites for hydroxylation is 2. The average Bonchev–Trinajstić information content (AvgIpc) is 3.80. The van der Waals surface area contributed by atoms with Crippen LogP contribution in [0, 0.1) is 19.8 Å². The number of benzene rings is 2. The van der Waals surface area contributed by atoms with Gasteiger partial charge in [-0.15, -0.1) is 0 Å². The average molecular weight is 650 g/mol. The van der Waals surface area contributed by atoms with Crippen molar-refractivity contribution in [2.75, 3.05) is 13.1 Å². The van der Waals surface area contributed by atoms with Crippen molar-refractivity contribution in [3.63, 3.8) is 0 Å². The minimum atomic E-state index is -0.812. The maximum atomic E-state index is 14.0. The van der Waals surface area contributed by atoms with Crippen LogP contribution in [0.5, 0.6) is 0 Å². The Labute approximate surface area is 280 Å².